The van der Waals surface area contributed by atoms with E-state index in [-0.39, 0.29) is 17.0 Å². The second kappa shape index (κ2) is 2.75. The maximum atomic E-state index is 11.0. The molecule has 0 bridgehead atoms. The Kier molecular flexibility index (Phi) is 2.25. The predicted octanol–water partition coefficient (Wildman–Crippen LogP) is 0.303. The molecule has 0 saturated heterocycles. The molecule has 0 aromatic rings. The Hall–Kier alpha value is -0.0900. The minimum Gasteiger partial charge on any atom is -0.325 e. The van der Waals surface area contributed by atoms with Crippen molar-refractivity contribution in [2.45, 2.75) is 31.7 Å². The van der Waals surface area contributed by atoms with Gasteiger partial charge in [0.25, 0.3) is 0 Å². The minimum atomic E-state index is -2.79. The monoisotopic (exact) mass is 177 g/mol. The number of nitrogens with two attached hydrogens (primary N) is 1. The number of sulfone groups is 1. The third-order valence-corrected chi connectivity index (χ3v) is 3.95. The molecule has 1 aliphatic carbocycles. The Bertz CT molecular complexity index is 229. The Morgan fingerprint density at radius 2 is 2.00 bits per heavy atom. The first-order valence-corrected chi connectivity index (χ1v) is 5.79. The third-order valence-electron chi connectivity index (χ3n) is 2.24. The van der Waals surface area contributed by atoms with Gasteiger partial charge in [0, 0.05) is 11.3 Å². The van der Waals surface area contributed by atoms with Crippen LogP contribution in [0.15, 0.2) is 0 Å². The molecule has 0 heterocycles. The van der Waals surface area contributed by atoms with Crippen LogP contribution in [0.2, 0.25) is 0 Å². The zero-order valence-electron chi connectivity index (χ0n) is 6.84. The van der Waals surface area contributed by atoms with Crippen molar-refractivity contribution in [3.05, 3.63) is 0 Å². The summed E-state index contributed by atoms with van der Waals surface area (Å²) in [6, 6.07) is 0. The fourth-order valence-electron chi connectivity index (χ4n) is 0.914. The highest BCUT2D eigenvalue weighted by molar-refractivity contribution is 7.91. The largest absolute Gasteiger partial charge is 0.325 e. The molecule has 0 aromatic carbocycles. The molecule has 1 aliphatic rings. The highest BCUT2D eigenvalue weighted by Crippen LogP contribution is 2.35. The molecule has 0 radical (unpaired) electrons. The summed E-state index contributed by atoms with van der Waals surface area (Å²) in [7, 11) is -2.79. The zero-order chi connectivity index (χ0) is 8.54. The molecule has 11 heavy (non-hydrogen) atoms. The van der Waals surface area contributed by atoms with Crippen LogP contribution in [0.1, 0.15) is 26.2 Å². The lowest BCUT2D eigenvalue weighted by Gasteiger charge is -2.06. The lowest BCUT2D eigenvalue weighted by molar-refractivity contribution is 0.580. The van der Waals surface area contributed by atoms with E-state index in [4.69, 9.17) is 5.73 Å². The van der Waals surface area contributed by atoms with Crippen molar-refractivity contribution in [2.24, 2.45) is 5.73 Å². The molecule has 66 valence electrons. The van der Waals surface area contributed by atoms with Gasteiger partial charge in [0.15, 0.2) is 0 Å². The average Bonchev–Trinajstić information content (AvgIpc) is 2.66. The standard InChI is InChI=1S/C7H15NO2S/c1-2-11(9,10)6-5-7(8)3-4-7/h2-6,8H2,1H3. The van der Waals surface area contributed by atoms with E-state index in [1.54, 1.807) is 6.92 Å². The second-order valence-corrected chi connectivity index (χ2v) is 5.82. The SMILES string of the molecule is CCS(=O)(=O)CCC1(N)CC1. The van der Waals surface area contributed by atoms with Crippen molar-refractivity contribution < 1.29 is 8.42 Å². The van der Waals surface area contributed by atoms with E-state index in [2.05, 4.69) is 0 Å². The molecular weight excluding hydrogens is 162 g/mol. The van der Waals surface area contributed by atoms with Crippen molar-refractivity contribution >= 4 is 9.84 Å². The van der Waals surface area contributed by atoms with Crippen LogP contribution in [-0.4, -0.2) is 25.5 Å². The lowest BCUT2D eigenvalue weighted by atomic mass is 10.2. The number of hydrogen-bond acceptors (Lipinski definition) is 3. The van der Waals surface area contributed by atoms with Gasteiger partial charge >= 0.3 is 0 Å². The van der Waals surface area contributed by atoms with E-state index in [0.29, 0.717) is 6.42 Å². The smallest absolute Gasteiger partial charge is 0.150 e. The quantitative estimate of drug-likeness (QED) is 0.672. The highest BCUT2D eigenvalue weighted by Gasteiger charge is 2.38. The Morgan fingerprint density at radius 3 is 2.36 bits per heavy atom. The first kappa shape index (κ1) is 9.00. The number of hydrogen-bond donors (Lipinski definition) is 1. The normalized spacial score (nSPS) is 21.6. The maximum absolute atomic E-state index is 11.0. The van der Waals surface area contributed by atoms with Gasteiger partial charge in [-0.1, -0.05) is 6.92 Å². The van der Waals surface area contributed by atoms with Gasteiger partial charge in [-0.2, -0.15) is 0 Å². The van der Waals surface area contributed by atoms with E-state index < -0.39 is 9.84 Å². The van der Waals surface area contributed by atoms with Crippen molar-refractivity contribution in [1.29, 1.82) is 0 Å². The summed E-state index contributed by atoms with van der Waals surface area (Å²) >= 11 is 0. The fraction of sp³-hybridized carbons (Fsp3) is 1.00. The van der Waals surface area contributed by atoms with E-state index >= 15 is 0 Å². The average molecular weight is 177 g/mol. The maximum Gasteiger partial charge on any atom is 0.150 e. The van der Waals surface area contributed by atoms with E-state index in [1.807, 2.05) is 0 Å². The Morgan fingerprint density at radius 1 is 1.45 bits per heavy atom. The Labute approximate surface area is 67.9 Å². The lowest BCUT2D eigenvalue weighted by Crippen LogP contribution is -2.25. The first-order valence-electron chi connectivity index (χ1n) is 3.97. The van der Waals surface area contributed by atoms with Crippen molar-refractivity contribution in [3.8, 4) is 0 Å². The van der Waals surface area contributed by atoms with Gasteiger partial charge < -0.3 is 5.73 Å². The summed E-state index contributed by atoms with van der Waals surface area (Å²) in [6.07, 6.45) is 2.63. The van der Waals surface area contributed by atoms with E-state index in [0.717, 1.165) is 12.8 Å². The van der Waals surface area contributed by atoms with Gasteiger partial charge in [-0.3, -0.25) is 0 Å². The molecule has 1 saturated carbocycles. The molecule has 1 rings (SSSR count). The summed E-state index contributed by atoms with van der Waals surface area (Å²) in [5.41, 5.74) is 5.62. The summed E-state index contributed by atoms with van der Waals surface area (Å²) in [5.74, 6) is 0.503. The summed E-state index contributed by atoms with van der Waals surface area (Å²) in [4.78, 5) is 0. The number of rotatable bonds is 4. The molecule has 2 N–H and O–H groups in total. The van der Waals surface area contributed by atoms with E-state index in [1.165, 1.54) is 0 Å². The van der Waals surface area contributed by atoms with Gasteiger partial charge in [0.05, 0.1) is 5.75 Å². The first-order chi connectivity index (χ1) is 4.97. The van der Waals surface area contributed by atoms with Crippen molar-refractivity contribution in [2.75, 3.05) is 11.5 Å². The van der Waals surface area contributed by atoms with Gasteiger partial charge in [0.1, 0.15) is 9.84 Å². The minimum absolute atomic E-state index is 0.123. The van der Waals surface area contributed by atoms with Crippen LogP contribution in [0.25, 0.3) is 0 Å². The molecule has 0 atom stereocenters. The molecule has 0 spiro atoms. The van der Waals surface area contributed by atoms with E-state index in [9.17, 15) is 8.42 Å². The van der Waals surface area contributed by atoms with Crippen LogP contribution < -0.4 is 5.73 Å². The highest BCUT2D eigenvalue weighted by atomic mass is 32.2. The molecule has 3 nitrogen and oxygen atoms in total. The summed E-state index contributed by atoms with van der Waals surface area (Å²) in [5, 5.41) is 0. The fourth-order valence-corrected chi connectivity index (χ4v) is 1.92. The topological polar surface area (TPSA) is 60.2 Å². The summed E-state index contributed by atoms with van der Waals surface area (Å²) < 4.78 is 22.0. The third kappa shape index (κ3) is 2.79. The van der Waals surface area contributed by atoms with Crippen LogP contribution in [0.5, 0.6) is 0 Å². The van der Waals surface area contributed by atoms with Crippen LogP contribution in [0.3, 0.4) is 0 Å². The predicted molar refractivity (Wildman–Crippen MR) is 45.1 cm³/mol. The van der Waals surface area contributed by atoms with Gasteiger partial charge in [-0.05, 0) is 19.3 Å². The molecule has 0 aliphatic heterocycles. The molecule has 1 fully saturated rings. The van der Waals surface area contributed by atoms with Crippen molar-refractivity contribution in [1.82, 2.24) is 0 Å². The second-order valence-electron chi connectivity index (χ2n) is 3.35. The van der Waals surface area contributed by atoms with Crippen LogP contribution in [0, 0.1) is 0 Å². The summed E-state index contributed by atoms with van der Waals surface area (Å²) in [6.45, 7) is 1.67. The van der Waals surface area contributed by atoms with Gasteiger partial charge in [-0.15, -0.1) is 0 Å². The molecule has 4 heteroatoms. The van der Waals surface area contributed by atoms with Gasteiger partial charge in [-0.25, -0.2) is 8.42 Å². The zero-order valence-corrected chi connectivity index (χ0v) is 7.65. The molecule has 0 unspecified atom stereocenters. The van der Waals surface area contributed by atoms with Gasteiger partial charge in [0.2, 0.25) is 0 Å². The Balaban J connectivity index is 2.32. The molecule has 0 amide bonds. The van der Waals surface area contributed by atoms with Crippen LogP contribution in [-0.2, 0) is 9.84 Å². The van der Waals surface area contributed by atoms with Crippen LogP contribution >= 0.6 is 0 Å². The molecular formula is C7H15NO2S. The van der Waals surface area contributed by atoms with Crippen LogP contribution in [0.4, 0.5) is 0 Å². The molecule has 0 aromatic heterocycles. The van der Waals surface area contributed by atoms with Crippen molar-refractivity contribution in [3.63, 3.8) is 0 Å².